The van der Waals surface area contributed by atoms with E-state index in [2.05, 4.69) is 15.5 Å². The summed E-state index contributed by atoms with van der Waals surface area (Å²) in [4.78, 5) is 0. The fourth-order valence-electron chi connectivity index (χ4n) is 1.39. The van der Waals surface area contributed by atoms with E-state index >= 15 is 0 Å². The predicted molar refractivity (Wildman–Crippen MR) is 54.7 cm³/mol. The first-order valence-corrected chi connectivity index (χ1v) is 5.97. The van der Waals surface area contributed by atoms with Gasteiger partial charge >= 0.3 is 0 Å². The number of hydrogen-bond acceptors (Lipinski definition) is 4. The molecule has 1 aromatic rings. The molecule has 6 heteroatoms. The van der Waals surface area contributed by atoms with Gasteiger partial charge in [0, 0.05) is 6.54 Å². The second-order valence-electron chi connectivity index (χ2n) is 3.11. The van der Waals surface area contributed by atoms with Crippen LogP contribution in [-0.2, 0) is 10.8 Å². The molecule has 0 amide bonds. The molecule has 1 aliphatic heterocycles. The van der Waals surface area contributed by atoms with Gasteiger partial charge in [0.25, 0.3) is 0 Å². The van der Waals surface area contributed by atoms with Gasteiger partial charge in [-0.1, -0.05) is 11.6 Å². The van der Waals surface area contributed by atoms with Crippen LogP contribution < -0.4 is 5.32 Å². The number of aromatic nitrogens is 2. The molecule has 0 bridgehead atoms. The van der Waals surface area contributed by atoms with Gasteiger partial charge in [0.15, 0.2) is 5.15 Å². The van der Waals surface area contributed by atoms with Crippen molar-refractivity contribution in [2.24, 2.45) is 0 Å². The van der Waals surface area contributed by atoms with Crippen LogP contribution in [-0.4, -0.2) is 32.7 Å². The Morgan fingerprint density at radius 2 is 2.36 bits per heavy atom. The lowest BCUT2D eigenvalue weighted by Crippen LogP contribution is -2.19. The molecule has 4 nitrogen and oxygen atoms in total. The zero-order valence-electron chi connectivity index (χ0n) is 7.44. The number of halogens is 1. The lowest BCUT2D eigenvalue weighted by molar-refractivity contribution is 0.667. The SMILES string of the molecule is O=S(c1ccc(Cl)nn1)[C@@H]1CCNC1. The molecule has 0 aliphatic carbocycles. The average molecular weight is 232 g/mol. The molecule has 0 saturated carbocycles. The first kappa shape index (κ1) is 10.0. The molecule has 1 N–H and O–H groups in total. The van der Waals surface area contributed by atoms with Crippen molar-refractivity contribution in [3.63, 3.8) is 0 Å². The van der Waals surface area contributed by atoms with E-state index in [1.165, 1.54) is 0 Å². The van der Waals surface area contributed by atoms with Crippen LogP contribution in [0.15, 0.2) is 17.2 Å². The van der Waals surface area contributed by atoms with Crippen molar-refractivity contribution >= 4 is 22.4 Å². The summed E-state index contributed by atoms with van der Waals surface area (Å²) in [6, 6.07) is 3.29. The molecule has 2 atom stereocenters. The van der Waals surface area contributed by atoms with Crippen LogP contribution in [0.1, 0.15) is 6.42 Å². The van der Waals surface area contributed by atoms with E-state index in [0.29, 0.717) is 10.2 Å². The normalized spacial score (nSPS) is 23.6. The molecule has 0 spiro atoms. The van der Waals surface area contributed by atoms with Crippen LogP contribution in [0, 0.1) is 0 Å². The fraction of sp³-hybridized carbons (Fsp3) is 0.500. The maximum Gasteiger partial charge on any atom is 0.151 e. The van der Waals surface area contributed by atoms with Gasteiger partial charge in [-0.3, -0.25) is 4.21 Å². The molecule has 1 fully saturated rings. The Morgan fingerprint density at radius 3 is 2.93 bits per heavy atom. The summed E-state index contributed by atoms with van der Waals surface area (Å²) >= 11 is 5.59. The van der Waals surface area contributed by atoms with E-state index in [1.54, 1.807) is 12.1 Å². The Morgan fingerprint density at radius 1 is 1.50 bits per heavy atom. The maximum absolute atomic E-state index is 11.9. The summed E-state index contributed by atoms with van der Waals surface area (Å²) < 4.78 is 11.9. The van der Waals surface area contributed by atoms with Gasteiger partial charge in [0.2, 0.25) is 0 Å². The third kappa shape index (κ3) is 2.10. The molecule has 2 rings (SSSR count). The summed E-state index contributed by atoms with van der Waals surface area (Å²) in [7, 11) is -1.06. The fourth-order valence-corrected chi connectivity index (χ4v) is 2.76. The van der Waals surface area contributed by atoms with Crippen LogP contribution >= 0.6 is 11.6 Å². The molecule has 14 heavy (non-hydrogen) atoms. The van der Waals surface area contributed by atoms with Crippen LogP contribution in [0.2, 0.25) is 5.15 Å². The lowest BCUT2D eigenvalue weighted by atomic mass is 10.4. The molecule has 1 aliphatic rings. The van der Waals surface area contributed by atoms with Gasteiger partial charge in [0.1, 0.15) is 5.03 Å². The first-order valence-electron chi connectivity index (χ1n) is 4.38. The van der Waals surface area contributed by atoms with E-state index < -0.39 is 10.8 Å². The second kappa shape index (κ2) is 4.33. The van der Waals surface area contributed by atoms with Gasteiger partial charge in [-0.2, -0.15) is 0 Å². The number of nitrogens with zero attached hydrogens (tertiary/aromatic N) is 2. The van der Waals surface area contributed by atoms with E-state index in [1.807, 2.05) is 0 Å². The third-order valence-electron chi connectivity index (χ3n) is 2.13. The van der Waals surface area contributed by atoms with E-state index in [-0.39, 0.29) is 5.25 Å². The summed E-state index contributed by atoms with van der Waals surface area (Å²) in [5.41, 5.74) is 0. The quantitative estimate of drug-likeness (QED) is 0.810. The summed E-state index contributed by atoms with van der Waals surface area (Å²) in [6.07, 6.45) is 0.927. The summed E-state index contributed by atoms with van der Waals surface area (Å²) in [5.74, 6) is 0. The molecular weight excluding hydrogens is 222 g/mol. The van der Waals surface area contributed by atoms with Gasteiger partial charge in [-0.15, -0.1) is 10.2 Å². The zero-order valence-corrected chi connectivity index (χ0v) is 9.01. The third-order valence-corrected chi connectivity index (χ3v) is 3.97. The Hall–Kier alpha value is -0.520. The van der Waals surface area contributed by atoms with Gasteiger partial charge in [0.05, 0.1) is 16.0 Å². The van der Waals surface area contributed by atoms with Crippen molar-refractivity contribution in [2.45, 2.75) is 16.7 Å². The van der Waals surface area contributed by atoms with E-state index in [9.17, 15) is 4.21 Å². The summed E-state index contributed by atoms with van der Waals surface area (Å²) in [6.45, 7) is 1.72. The molecule has 1 aromatic heterocycles. The average Bonchev–Trinajstić information content (AvgIpc) is 2.71. The molecule has 76 valence electrons. The van der Waals surface area contributed by atoms with Crippen LogP contribution in [0.3, 0.4) is 0 Å². The largest absolute Gasteiger partial charge is 0.315 e. The minimum absolute atomic E-state index is 0.158. The molecular formula is C8H10ClN3OS. The monoisotopic (exact) mass is 231 g/mol. The van der Waals surface area contributed by atoms with Crippen molar-refractivity contribution in [3.8, 4) is 0 Å². The number of hydrogen-bond donors (Lipinski definition) is 1. The van der Waals surface area contributed by atoms with Crippen LogP contribution in [0.5, 0.6) is 0 Å². The molecule has 1 unspecified atom stereocenters. The Kier molecular flexibility index (Phi) is 3.10. The minimum Gasteiger partial charge on any atom is -0.315 e. The van der Waals surface area contributed by atoms with E-state index in [0.717, 1.165) is 19.5 Å². The standard InChI is InChI=1S/C8H10ClN3OS/c9-7-1-2-8(12-11-7)14(13)6-3-4-10-5-6/h1-2,6,10H,3-5H2/t6-,14?/m1/s1. The molecule has 0 aromatic carbocycles. The number of rotatable bonds is 2. The second-order valence-corrected chi connectivity index (χ2v) is 5.17. The zero-order chi connectivity index (χ0) is 9.97. The smallest absolute Gasteiger partial charge is 0.151 e. The highest BCUT2D eigenvalue weighted by molar-refractivity contribution is 7.85. The highest BCUT2D eigenvalue weighted by atomic mass is 35.5. The molecule has 2 heterocycles. The number of nitrogens with one attached hydrogen (secondary N) is 1. The highest BCUT2D eigenvalue weighted by Gasteiger charge is 2.23. The minimum atomic E-state index is -1.06. The van der Waals surface area contributed by atoms with Crippen molar-refractivity contribution in [1.29, 1.82) is 0 Å². The molecule has 1 saturated heterocycles. The van der Waals surface area contributed by atoms with E-state index in [4.69, 9.17) is 11.6 Å². The van der Waals surface area contributed by atoms with Crippen LogP contribution in [0.25, 0.3) is 0 Å². The summed E-state index contributed by atoms with van der Waals surface area (Å²) in [5, 5.41) is 11.7. The van der Waals surface area contributed by atoms with Crippen molar-refractivity contribution in [3.05, 3.63) is 17.3 Å². The Bertz CT molecular complexity index is 337. The highest BCUT2D eigenvalue weighted by Crippen LogP contribution is 2.14. The van der Waals surface area contributed by atoms with Crippen molar-refractivity contribution in [1.82, 2.24) is 15.5 Å². The van der Waals surface area contributed by atoms with Gasteiger partial charge in [-0.25, -0.2) is 0 Å². The predicted octanol–water partition coefficient (Wildman–Crippen LogP) is 0.599. The Labute approximate surface area is 89.5 Å². The van der Waals surface area contributed by atoms with Gasteiger partial charge in [-0.05, 0) is 25.1 Å². The van der Waals surface area contributed by atoms with Crippen molar-refractivity contribution in [2.75, 3.05) is 13.1 Å². The Balaban J connectivity index is 2.14. The maximum atomic E-state index is 11.9. The van der Waals surface area contributed by atoms with Crippen LogP contribution in [0.4, 0.5) is 0 Å². The van der Waals surface area contributed by atoms with Crippen molar-refractivity contribution < 1.29 is 4.21 Å². The topological polar surface area (TPSA) is 54.9 Å². The molecule has 0 radical (unpaired) electrons. The van der Waals surface area contributed by atoms with Gasteiger partial charge < -0.3 is 5.32 Å². The lowest BCUT2D eigenvalue weighted by Gasteiger charge is -2.06. The first-order chi connectivity index (χ1) is 6.77.